The van der Waals surface area contributed by atoms with Gasteiger partial charge in [0.25, 0.3) is 0 Å². The zero-order valence-corrected chi connectivity index (χ0v) is 10.8. The number of ether oxygens (including phenoxy) is 2. The molecule has 1 aliphatic rings. The second-order valence-corrected chi connectivity index (χ2v) is 4.61. The molecule has 1 saturated heterocycles. The molecule has 98 valence electrons. The summed E-state index contributed by atoms with van der Waals surface area (Å²) >= 11 is 0. The molecule has 0 spiro atoms. The third-order valence-electron chi connectivity index (χ3n) is 3.25. The third kappa shape index (κ3) is 3.09. The first kappa shape index (κ1) is 13.1. The van der Waals surface area contributed by atoms with Crippen molar-refractivity contribution in [2.45, 2.75) is 25.6 Å². The Morgan fingerprint density at radius 2 is 2.17 bits per heavy atom. The number of carbonyl (C=O) groups is 1. The lowest BCUT2D eigenvalue weighted by atomic mass is 10.1. The molecule has 1 heterocycles. The Kier molecular flexibility index (Phi) is 4.33. The average molecular weight is 249 g/mol. The maximum atomic E-state index is 11.5. The van der Waals surface area contributed by atoms with E-state index >= 15 is 0 Å². The first-order chi connectivity index (χ1) is 8.70. The van der Waals surface area contributed by atoms with Crippen molar-refractivity contribution in [2.75, 3.05) is 20.3 Å². The van der Waals surface area contributed by atoms with Crippen LogP contribution in [-0.2, 0) is 20.8 Å². The first-order valence-electron chi connectivity index (χ1n) is 6.18. The molecule has 0 radical (unpaired) electrons. The number of esters is 1. The summed E-state index contributed by atoms with van der Waals surface area (Å²) in [6.07, 6.45) is -0.463. The maximum Gasteiger partial charge on any atom is 0.336 e. The zero-order chi connectivity index (χ0) is 13.0. The van der Waals surface area contributed by atoms with Crippen molar-refractivity contribution in [2.24, 2.45) is 0 Å². The van der Waals surface area contributed by atoms with E-state index < -0.39 is 6.10 Å². The monoisotopic (exact) mass is 249 g/mol. The van der Waals surface area contributed by atoms with Crippen LogP contribution in [0.1, 0.15) is 12.5 Å². The average Bonchev–Trinajstić information content (AvgIpc) is 2.41. The van der Waals surface area contributed by atoms with Crippen molar-refractivity contribution >= 4 is 5.97 Å². The van der Waals surface area contributed by atoms with Gasteiger partial charge >= 0.3 is 5.97 Å². The van der Waals surface area contributed by atoms with Crippen LogP contribution in [0.5, 0.6) is 0 Å². The molecule has 0 bridgehead atoms. The van der Waals surface area contributed by atoms with Gasteiger partial charge in [0.2, 0.25) is 0 Å². The van der Waals surface area contributed by atoms with Crippen LogP contribution in [0.15, 0.2) is 30.3 Å². The van der Waals surface area contributed by atoms with Gasteiger partial charge in [0.1, 0.15) is 0 Å². The fourth-order valence-corrected chi connectivity index (χ4v) is 2.12. The van der Waals surface area contributed by atoms with E-state index in [1.807, 2.05) is 18.2 Å². The molecule has 0 aliphatic carbocycles. The standard InChI is InChI=1S/C14H19NO3/c1-11-10-18-13(14(16)17-2)9-15(11)8-12-6-4-3-5-7-12/h3-7,11,13H,8-10H2,1-2H3/t11-,13-/m0/s1. The zero-order valence-electron chi connectivity index (χ0n) is 10.8. The van der Waals surface area contributed by atoms with Crippen LogP contribution in [0.3, 0.4) is 0 Å². The molecule has 2 rings (SSSR count). The van der Waals surface area contributed by atoms with Gasteiger partial charge in [0, 0.05) is 19.1 Å². The van der Waals surface area contributed by atoms with Gasteiger partial charge in [-0.25, -0.2) is 4.79 Å². The van der Waals surface area contributed by atoms with E-state index in [0.717, 1.165) is 6.54 Å². The van der Waals surface area contributed by atoms with Crippen molar-refractivity contribution in [3.63, 3.8) is 0 Å². The molecule has 1 aromatic rings. The summed E-state index contributed by atoms with van der Waals surface area (Å²) < 4.78 is 10.2. The van der Waals surface area contributed by atoms with Gasteiger partial charge in [-0.15, -0.1) is 0 Å². The molecule has 1 aromatic carbocycles. The highest BCUT2D eigenvalue weighted by Gasteiger charge is 2.31. The lowest BCUT2D eigenvalue weighted by Crippen LogP contribution is -2.50. The van der Waals surface area contributed by atoms with Crippen LogP contribution in [0.2, 0.25) is 0 Å². The van der Waals surface area contributed by atoms with E-state index in [2.05, 4.69) is 24.0 Å². The van der Waals surface area contributed by atoms with Gasteiger partial charge in [-0.3, -0.25) is 4.90 Å². The van der Waals surface area contributed by atoms with Crippen molar-refractivity contribution in [1.29, 1.82) is 0 Å². The van der Waals surface area contributed by atoms with Crippen LogP contribution in [0, 0.1) is 0 Å². The quantitative estimate of drug-likeness (QED) is 0.760. The van der Waals surface area contributed by atoms with Crippen LogP contribution >= 0.6 is 0 Å². The lowest BCUT2D eigenvalue weighted by molar-refractivity contribution is -0.163. The molecule has 4 heteroatoms. The van der Waals surface area contributed by atoms with E-state index in [0.29, 0.717) is 19.2 Å². The highest BCUT2D eigenvalue weighted by Crippen LogP contribution is 2.16. The minimum Gasteiger partial charge on any atom is -0.467 e. The molecular weight excluding hydrogens is 230 g/mol. The Balaban J connectivity index is 2.00. The minimum absolute atomic E-state index is 0.292. The summed E-state index contributed by atoms with van der Waals surface area (Å²) in [5.41, 5.74) is 1.25. The fraction of sp³-hybridized carbons (Fsp3) is 0.500. The molecular formula is C14H19NO3. The van der Waals surface area contributed by atoms with Gasteiger partial charge < -0.3 is 9.47 Å². The second-order valence-electron chi connectivity index (χ2n) is 4.61. The number of hydrogen-bond donors (Lipinski definition) is 0. The summed E-state index contributed by atoms with van der Waals surface area (Å²) in [6.45, 7) is 4.09. The Labute approximate surface area is 107 Å². The highest BCUT2D eigenvalue weighted by molar-refractivity contribution is 5.74. The van der Waals surface area contributed by atoms with Gasteiger partial charge in [-0.2, -0.15) is 0 Å². The number of methoxy groups -OCH3 is 1. The van der Waals surface area contributed by atoms with Gasteiger partial charge in [0.15, 0.2) is 6.10 Å². The summed E-state index contributed by atoms with van der Waals surface area (Å²) in [5, 5.41) is 0. The Hall–Kier alpha value is -1.39. The number of morpholine rings is 1. The van der Waals surface area contributed by atoms with E-state index in [4.69, 9.17) is 9.47 Å². The maximum absolute atomic E-state index is 11.5. The van der Waals surface area contributed by atoms with Crippen molar-refractivity contribution in [1.82, 2.24) is 4.90 Å². The van der Waals surface area contributed by atoms with Crippen molar-refractivity contribution < 1.29 is 14.3 Å². The number of rotatable bonds is 3. The highest BCUT2D eigenvalue weighted by atomic mass is 16.6. The van der Waals surface area contributed by atoms with Crippen LogP contribution in [0.4, 0.5) is 0 Å². The molecule has 4 nitrogen and oxygen atoms in total. The van der Waals surface area contributed by atoms with Gasteiger partial charge in [-0.1, -0.05) is 30.3 Å². The van der Waals surface area contributed by atoms with Gasteiger partial charge in [0.05, 0.1) is 13.7 Å². The van der Waals surface area contributed by atoms with Crippen LogP contribution in [-0.4, -0.2) is 43.3 Å². The molecule has 0 N–H and O–H groups in total. The molecule has 1 aliphatic heterocycles. The van der Waals surface area contributed by atoms with Crippen molar-refractivity contribution in [3.05, 3.63) is 35.9 Å². The normalized spacial score (nSPS) is 24.8. The molecule has 0 saturated carbocycles. The number of nitrogens with zero attached hydrogens (tertiary/aromatic N) is 1. The first-order valence-corrected chi connectivity index (χ1v) is 6.18. The van der Waals surface area contributed by atoms with Crippen LogP contribution < -0.4 is 0 Å². The number of carbonyl (C=O) groups excluding carboxylic acids is 1. The molecule has 2 atom stereocenters. The predicted octanol–water partition coefficient (Wildman–Crippen LogP) is 1.45. The van der Waals surface area contributed by atoms with E-state index in [-0.39, 0.29) is 5.97 Å². The Bertz CT molecular complexity index is 393. The molecule has 18 heavy (non-hydrogen) atoms. The Morgan fingerprint density at radius 1 is 1.44 bits per heavy atom. The summed E-state index contributed by atoms with van der Waals surface area (Å²) in [4.78, 5) is 13.7. The Morgan fingerprint density at radius 3 is 2.83 bits per heavy atom. The fourth-order valence-electron chi connectivity index (χ4n) is 2.12. The third-order valence-corrected chi connectivity index (χ3v) is 3.25. The summed E-state index contributed by atoms with van der Waals surface area (Å²) in [5.74, 6) is -0.292. The summed E-state index contributed by atoms with van der Waals surface area (Å²) in [6, 6.07) is 10.6. The number of hydrogen-bond acceptors (Lipinski definition) is 4. The topological polar surface area (TPSA) is 38.8 Å². The molecule has 1 fully saturated rings. The predicted molar refractivity (Wildman–Crippen MR) is 68.1 cm³/mol. The molecule has 0 unspecified atom stereocenters. The van der Waals surface area contributed by atoms with E-state index in [9.17, 15) is 4.79 Å². The van der Waals surface area contributed by atoms with Gasteiger partial charge in [-0.05, 0) is 12.5 Å². The van der Waals surface area contributed by atoms with E-state index in [1.165, 1.54) is 12.7 Å². The smallest absolute Gasteiger partial charge is 0.336 e. The molecule has 0 aromatic heterocycles. The van der Waals surface area contributed by atoms with Crippen LogP contribution in [0.25, 0.3) is 0 Å². The summed E-state index contributed by atoms with van der Waals surface area (Å²) in [7, 11) is 1.39. The van der Waals surface area contributed by atoms with Crippen molar-refractivity contribution in [3.8, 4) is 0 Å². The molecule has 0 amide bonds. The number of benzene rings is 1. The largest absolute Gasteiger partial charge is 0.467 e. The van der Waals surface area contributed by atoms with E-state index in [1.54, 1.807) is 0 Å². The second kappa shape index (κ2) is 5.98. The minimum atomic E-state index is -0.463. The SMILES string of the molecule is COC(=O)[C@@H]1CN(Cc2ccccc2)[C@@H](C)CO1. The lowest BCUT2D eigenvalue weighted by Gasteiger charge is -2.36.